The Morgan fingerprint density at radius 1 is 0.951 bits per heavy atom. The number of carbonyl (C=O) groups excluding carboxylic acids is 2. The first-order valence-corrected chi connectivity index (χ1v) is 15.5. The molecule has 0 spiro atoms. The summed E-state index contributed by atoms with van der Waals surface area (Å²) in [5.74, 6) is -0.443. The molecule has 2 amide bonds. The Morgan fingerprint density at radius 2 is 1.68 bits per heavy atom. The normalized spacial score (nSPS) is 11.9. The van der Waals surface area contributed by atoms with Crippen LogP contribution < -0.4 is 14.4 Å². The van der Waals surface area contributed by atoms with Gasteiger partial charge in [0.25, 0.3) is 10.0 Å². The molecule has 41 heavy (non-hydrogen) atoms. The Balaban J connectivity index is 2.05. The number of unbranched alkanes of at least 4 members (excludes halogenated alkanes) is 1. The topological polar surface area (TPSA) is 96.0 Å². The van der Waals surface area contributed by atoms with Gasteiger partial charge >= 0.3 is 0 Å². The van der Waals surface area contributed by atoms with E-state index in [2.05, 4.69) is 5.32 Å². The number of benzene rings is 3. The molecule has 0 aliphatic heterocycles. The Labute approximate surface area is 252 Å². The molecule has 0 aliphatic carbocycles. The second kappa shape index (κ2) is 15.1. The minimum absolute atomic E-state index is 0.0206. The van der Waals surface area contributed by atoms with Gasteiger partial charge in [-0.2, -0.15) is 0 Å². The third kappa shape index (κ3) is 8.38. The van der Waals surface area contributed by atoms with Crippen molar-refractivity contribution >= 4 is 50.7 Å². The zero-order valence-corrected chi connectivity index (χ0v) is 25.7. The Kier molecular flexibility index (Phi) is 11.9. The summed E-state index contributed by atoms with van der Waals surface area (Å²) in [6.07, 6.45) is 2.01. The van der Waals surface area contributed by atoms with E-state index >= 15 is 0 Å². The lowest BCUT2D eigenvalue weighted by atomic mass is 10.1. The van der Waals surface area contributed by atoms with Gasteiger partial charge in [0.15, 0.2) is 0 Å². The van der Waals surface area contributed by atoms with Crippen LogP contribution in [0.4, 0.5) is 5.69 Å². The van der Waals surface area contributed by atoms with Crippen molar-refractivity contribution in [1.82, 2.24) is 10.2 Å². The molecule has 3 rings (SSSR count). The molecule has 3 aromatic rings. The van der Waals surface area contributed by atoms with E-state index in [9.17, 15) is 18.0 Å². The van der Waals surface area contributed by atoms with Crippen molar-refractivity contribution < 1.29 is 22.7 Å². The lowest BCUT2D eigenvalue weighted by Gasteiger charge is -2.33. The second-order valence-electron chi connectivity index (χ2n) is 9.36. The summed E-state index contributed by atoms with van der Waals surface area (Å²) in [6.45, 7) is 3.76. The smallest absolute Gasteiger partial charge is 0.264 e. The van der Waals surface area contributed by atoms with Crippen molar-refractivity contribution in [2.75, 3.05) is 24.5 Å². The fourth-order valence-corrected chi connectivity index (χ4v) is 6.02. The van der Waals surface area contributed by atoms with Crippen molar-refractivity contribution in [2.45, 2.75) is 50.6 Å². The highest BCUT2D eigenvalue weighted by Crippen LogP contribution is 2.28. The van der Waals surface area contributed by atoms with Crippen molar-refractivity contribution in [3.05, 3.63) is 88.4 Å². The summed E-state index contributed by atoms with van der Waals surface area (Å²) in [7, 11) is -2.70. The average molecular weight is 621 g/mol. The SMILES string of the molecule is CCCCNC(=O)C(CC)N(Cc1ccc(Cl)c(Cl)c1)C(=O)CN(c1cccc(OC)c1)S(=O)(=O)c1ccccc1. The van der Waals surface area contributed by atoms with Crippen LogP contribution in [0.3, 0.4) is 0 Å². The van der Waals surface area contributed by atoms with E-state index in [0.717, 1.165) is 17.1 Å². The molecule has 0 heterocycles. The molecule has 1 N–H and O–H groups in total. The molecule has 0 fully saturated rings. The van der Waals surface area contributed by atoms with E-state index in [-0.39, 0.29) is 23.0 Å². The molecule has 8 nitrogen and oxygen atoms in total. The Bertz CT molecular complexity index is 1440. The molecule has 0 saturated carbocycles. The van der Waals surface area contributed by atoms with Gasteiger partial charge in [0.2, 0.25) is 11.8 Å². The molecular weight excluding hydrogens is 585 g/mol. The van der Waals surface area contributed by atoms with Crippen LogP contribution in [0.15, 0.2) is 77.7 Å². The molecule has 220 valence electrons. The van der Waals surface area contributed by atoms with E-state index < -0.39 is 28.5 Å². The van der Waals surface area contributed by atoms with E-state index in [4.69, 9.17) is 27.9 Å². The van der Waals surface area contributed by atoms with E-state index in [1.165, 1.54) is 24.1 Å². The molecule has 0 bridgehead atoms. The first-order valence-electron chi connectivity index (χ1n) is 13.3. The summed E-state index contributed by atoms with van der Waals surface area (Å²) in [4.78, 5) is 28.8. The minimum atomic E-state index is -4.17. The Hall–Kier alpha value is -3.27. The van der Waals surface area contributed by atoms with Gasteiger partial charge in [-0.25, -0.2) is 8.42 Å². The number of anilines is 1. The maximum Gasteiger partial charge on any atom is 0.264 e. The van der Waals surface area contributed by atoms with Gasteiger partial charge in [0.05, 0.1) is 27.7 Å². The van der Waals surface area contributed by atoms with Crippen LogP contribution in [-0.4, -0.2) is 51.4 Å². The predicted octanol–water partition coefficient (Wildman–Crippen LogP) is 5.92. The molecule has 0 aliphatic rings. The van der Waals surface area contributed by atoms with E-state index in [1.54, 1.807) is 67.6 Å². The number of amides is 2. The number of sulfonamides is 1. The van der Waals surface area contributed by atoms with Crippen LogP contribution in [0.1, 0.15) is 38.7 Å². The van der Waals surface area contributed by atoms with E-state index in [0.29, 0.717) is 34.3 Å². The molecular formula is C30H35Cl2N3O5S. The van der Waals surface area contributed by atoms with Gasteiger partial charge in [-0.3, -0.25) is 13.9 Å². The van der Waals surface area contributed by atoms with Gasteiger partial charge < -0.3 is 15.0 Å². The summed E-state index contributed by atoms with van der Waals surface area (Å²) in [6, 6.07) is 18.5. The quantitative estimate of drug-likeness (QED) is 0.226. The number of hydrogen-bond acceptors (Lipinski definition) is 5. The maximum absolute atomic E-state index is 14.1. The number of methoxy groups -OCH3 is 1. The molecule has 1 unspecified atom stereocenters. The third-order valence-corrected chi connectivity index (χ3v) is 9.03. The lowest BCUT2D eigenvalue weighted by Crippen LogP contribution is -2.52. The molecule has 0 radical (unpaired) electrons. The van der Waals surface area contributed by atoms with Crippen LogP contribution in [0.5, 0.6) is 5.75 Å². The minimum Gasteiger partial charge on any atom is -0.497 e. The summed E-state index contributed by atoms with van der Waals surface area (Å²) in [5.41, 5.74) is 0.892. The van der Waals surface area contributed by atoms with Gasteiger partial charge in [0.1, 0.15) is 18.3 Å². The number of nitrogens with zero attached hydrogens (tertiary/aromatic N) is 2. The molecule has 0 saturated heterocycles. The zero-order valence-electron chi connectivity index (χ0n) is 23.3. The van der Waals surface area contributed by atoms with Crippen molar-refractivity contribution in [1.29, 1.82) is 0 Å². The fourth-order valence-electron chi connectivity index (χ4n) is 4.27. The summed E-state index contributed by atoms with van der Waals surface area (Å²) < 4.78 is 34.1. The van der Waals surface area contributed by atoms with Crippen LogP contribution >= 0.6 is 23.2 Å². The third-order valence-electron chi connectivity index (χ3n) is 6.50. The summed E-state index contributed by atoms with van der Waals surface area (Å²) in [5, 5.41) is 3.57. The maximum atomic E-state index is 14.1. The highest BCUT2D eigenvalue weighted by molar-refractivity contribution is 7.92. The highest BCUT2D eigenvalue weighted by Gasteiger charge is 2.33. The number of hydrogen-bond donors (Lipinski definition) is 1. The highest BCUT2D eigenvalue weighted by atomic mass is 35.5. The molecule has 11 heteroatoms. The van der Waals surface area contributed by atoms with Gasteiger partial charge in [-0.15, -0.1) is 0 Å². The first-order chi connectivity index (χ1) is 19.6. The number of nitrogens with one attached hydrogen (secondary N) is 1. The van der Waals surface area contributed by atoms with Crippen molar-refractivity contribution in [2.24, 2.45) is 0 Å². The van der Waals surface area contributed by atoms with Crippen LogP contribution in [-0.2, 0) is 26.2 Å². The molecule has 0 aromatic heterocycles. The van der Waals surface area contributed by atoms with Gasteiger partial charge in [-0.05, 0) is 54.8 Å². The second-order valence-corrected chi connectivity index (χ2v) is 12.0. The van der Waals surface area contributed by atoms with Crippen LogP contribution in [0.25, 0.3) is 0 Å². The van der Waals surface area contributed by atoms with Gasteiger partial charge in [-0.1, -0.05) is 73.8 Å². The molecule has 1 atom stereocenters. The Morgan fingerprint density at radius 3 is 2.32 bits per heavy atom. The van der Waals surface area contributed by atoms with Crippen LogP contribution in [0.2, 0.25) is 10.0 Å². The fraction of sp³-hybridized carbons (Fsp3) is 0.333. The number of rotatable bonds is 14. The largest absolute Gasteiger partial charge is 0.497 e. The van der Waals surface area contributed by atoms with Crippen molar-refractivity contribution in [3.63, 3.8) is 0 Å². The predicted molar refractivity (Wildman–Crippen MR) is 163 cm³/mol. The number of carbonyl (C=O) groups is 2. The van der Waals surface area contributed by atoms with Gasteiger partial charge in [0, 0.05) is 19.2 Å². The lowest BCUT2D eigenvalue weighted by molar-refractivity contribution is -0.140. The average Bonchev–Trinajstić information content (AvgIpc) is 2.98. The van der Waals surface area contributed by atoms with Crippen molar-refractivity contribution in [3.8, 4) is 5.75 Å². The van der Waals surface area contributed by atoms with Crippen LogP contribution in [0, 0.1) is 0 Å². The molecule has 3 aromatic carbocycles. The first kappa shape index (κ1) is 32.2. The number of halogens is 2. The number of ether oxygens (including phenoxy) is 1. The standard InChI is InChI=1S/C30H35Cl2N3O5S/c1-4-6-17-33-30(37)28(5-2)34(20-22-15-16-26(31)27(32)18-22)29(36)21-35(23-11-10-12-24(19-23)40-3)41(38,39)25-13-8-7-9-14-25/h7-16,18-19,28H,4-6,17,20-21H2,1-3H3,(H,33,37). The summed E-state index contributed by atoms with van der Waals surface area (Å²) >= 11 is 12.3. The zero-order chi connectivity index (χ0) is 30.0. The monoisotopic (exact) mass is 619 g/mol. The van der Waals surface area contributed by atoms with E-state index in [1.807, 2.05) is 6.92 Å².